The van der Waals surface area contributed by atoms with Crippen LogP contribution in [0.25, 0.3) is 0 Å². The first-order chi connectivity index (χ1) is 9.82. The molecule has 0 fully saturated rings. The number of alkyl halides is 3. The number of hydrogen-bond donors (Lipinski definition) is 1. The highest BCUT2D eigenvalue weighted by molar-refractivity contribution is 6.34. The van der Waals surface area contributed by atoms with Gasteiger partial charge in [-0.15, -0.1) is 0 Å². The lowest BCUT2D eigenvalue weighted by atomic mass is 10.1. The van der Waals surface area contributed by atoms with Crippen LogP contribution in [0.1, 0.15) is 16.7 Å². The van der Waals surface area contributed by atoms with Gasteiger partial charge in [-0.05, 0) is 30.7 Å². The molecule has 0 aliphatic carbocycles. The maximum atomic E-state index is 12.9. The van der Waals surface area contributed by atoms with E-state index < -0.39 is 11.7 Å². The second-order valence-corrected chi connectivity index (χ2v) is 4.66. The number of pyridine rings is 1. The van der Waals surface area contributed by atoms with Gasteiger partial charge in [0.15, 0.2) is 5.82 Å². The Labute approximate surface area is 124 Å². The number of rotatable bonds is 2. The van der Waals surface area contributed by atoms with Crippen molar-refractivity contribution in [1.29, 1.82) is 5.26 Å². The molecule has 21 heavy (non-hydrogen) atoms. The summed E-state index contributed by atoms with van der Waals surface area (Å²) in [7, 11) is 0. The number of nitrogens with one attached hydrogen (secondary N) is 1. The maximum absolute atomic E-state index is 12.9. The molecule has 1 heterocycles. The van der Waals surface area contributed by atoms with Gasteiger partial charge in [0.2, 0.25) is 0 Å². The lowest BCUT2D eigenvalue weighted by Crippen LogP contribution is -2.08. The predicted molar refractivity (Wildman–Crippen MR) is 73.4 cm³/mol. The average molecular weight is 312 g/mol. The van der Waals surface area contributed by atoms with Crippen molar-refractivity contribution < 1.29 is 13.2 Å². The zero-order chi connectivity index (χ0) is 15.6. The molecule has 1 N–H and O–H groups in total. The Balaban J connectivity index is 2.40. The summed E-state index contributed by atoms with van der Waals surface area (Å²) in [5.41, 5.74) is -0.229. The summed E-state index contributed by atoms with van der Waals surface area (Å²) in [6, 6.07) is 7.12. The molecule has 0 atom stereocenters. The smallest absolute Gasteiger partial charge is 0.339 e. The van der Waals surface area contributed by atoms with E-state index in [1.165, 1.54) is 31.3 Å². The summed E-state index contributed by atoms with van der Waals surface area (Å²) in [6.07, 6.45) is -3.08. The monoisotopic (exact) mass is 311 g/mol. The van der Waals surface area contributed by atoms with Crippen LogP contribution < -0.4 is 5.32 Å². The Morgan fingerprint density at radius 2 is 2.00 bits per heavy atom. The number of aryl methyl sites for hydroxylation is 1. The molecule has 0 amide bonds. The van der Waals surface area contributed by atoms with Crippen molar-refractivity contribution in [3.63, 3.8) is 0 Å². The quantitative estimate of drug-likeness (QED) is 0.876. The summed E-state index contributed by atoms with van der Waals surface area (Å²) in [4.78, 5) is 3.92. The minimum Gasteiger partial charge on any atom is -0.339 e. The van der Waals surface area contributed by atoms with Crippen LogP contribution in [-0.2, 0) is 6.18 Å². The van der Waals surface area contributed by atoms with Crippen LogP contribution in [0.15, 0.2) is 30.5 Å². The van der Waals surface area contributed by atoms with Crippen molar-refractivity contribution in [3.8, 4) is 6.07 Å². The highest BCUT2D eigenvalue weighted by atomic mass is 35.5. The third kappa shape index (κ3) is 3.26. The average Bonchev–Trinajstić information content (AvgIpc) is 2.42. The van der Waals surface area contributed by atoms with Crippen LogP contribution in [0.5, 0.6) is 0 Å². The standard InChI is InChI=1S/C14H9ClF3N3/c1-8-2-3-10(6-11(8)14(16,17)18)21-13-12(15)9(7-19)4-5-20-13/h2-6H,1H3,(H,20,21). The molecule has 0 saturated heterocycles. The van der Waals surface area contributed by atoms with E-state index in [-0.39, 0.29) is 27.7 Å². The first kappa shape index (κ1) is 15.1. The fourth-order valence-corrected chi connectivity index (χ4v) is 1.96. The summed E-state index contributed by atoms with van der Waals surface area (Å²) in [6.45, 7) is 1.38. The Morgan fingerprint density at radius 3 is 2.62 bits per heavy atom. The van der Waals surface area contributed by atoms with Gasteiger partial charge in [0, 0.05) is 11.9 Å². The summed E-state index contributed by atoms with van der Waals surface area (Å²) in [5, 5.41) is 11.6. The Bertz CT molecular complexity index is 720. The van der Waals surface area contributed by atoms with Gasteiger partial charge in [-0.1, -0.05) is 17.7 Å². The van der Waals surface area contributed by atoms with E-state index in [1.54, 1.807) is 0 Å². The van der Waals surface area contributed by atoms with E-state index in [2.05, 4.69) is 10.3 Å². The number of nitrogens with zero attached hydrogens (tertiary/aromatic N) is 2. The molecule has 2 aromatic rings. The van der Waals surface area contributed by atoms with Crippen LogP contribution in [0.2, 0.25) is 5.02 Å². The minimum atomic E-state index is -4.44. The Morgan fingerprint density at radius 1 is 1.29 bits per heavy atom. The zero-order valence-electron chi connectivity index (χ0n) is 10.8. The molecule has 1 aromatic carbocycles. The molecule has 0 unspecified atom stereocenters. The van der Waals surface area contributed by atoms with E-state index in [4.69, 9.17) is 16.9 Å². The van der Waals surface area contributed by atoms with E-state index in [0.29, 0.717) is 0 Å². The Kier molecular flexibility index (Phi) is 4.05. The third-order valence-corrected chi connectivity index (χ3v) is 3.20. The van der Waals surface area contributed by atoms with Crippen molar-refractivity contribution >= 4 is 23.1 Å². The van der Waals surface area contributed by atoms with Gasteiger partial charge < -0.3 is 5.32 Å². The van der Waals surface area contributed by atoms with Crippen LogP contribution >= 0.6 is 11.6 Å². The molecule has 2 rings (SSSR count). The molecule has 0 radical (unpaired) electrons. The summed E-state index contributed by atoms with van der Waals surface area (Å²) in [5.74, 6) is 0.132. The van der Waals surface area contributed by atoms with Crippen molar-refractivity contribution in [3.05, 3.63) is 52.2 Å². The fourth-order valence-electron chi connectivity index (χ4n) is 1.76. The van der Waals surface area contributed by atoms with Gasteiger partial charge in [-0.2, -0.15) is 18.4 Å². The van der Waals surface area contributed by atoms with Crippen LogP contribution in [0.4, 0.5) is 24.7 Å². The van der Waals surface area contributed by atoms with Gasteiger partial charge in [0.05, 0.1) is 11.1 Å². The van der Waals surface area contributed by atoms with Crippen molar-refractivity contribution in [2.75, 3.05) is 5.32 Å². The van der Waals surface area contributed by atoms with E-state index in [1.807, 2.05) is 6.07 Å². The molecule has 7 heteroatoms. The molecule has 0 bridgehead atoms. The van der Waals surface area contributed by atoms with Gasteiger partial charge >= 0.3 is 6.18 Å². The second kappa shape index (κ2) is 5.62. The van der Waals surface area contributed by atoms with Crippen molar-refractivity contribution in [2.45, 2.75) is 13.1 Å². The molecule has 0 aliphatic rings. The largest absolute Gasteiger partial charge is 0.416 e. The first-order valence-electron chi connectivity index (χ1n) is 5.82. The number of anilines is 2. The topological polar surface area (TPSA) is 48.7 Å². The highest BCUT2D eigenvalue weighted by Crippen LogP contribution is 2.34. The normalized spacial score (nSPS) is 11.0. The molecule has 108 valence electrons. The number of halogens is 4. The van der Waals surface area contributed by atoms with Crippen molar-refractivity contribution in [1.82, 2.24) is 4.98 Å². The first-order valence-corrected chi connectivity index (χ1v) is 6.20. The molecule has 0 spiro atoms. The SMILES string of the molecule is Cc1ccc(Nc2nccc(C#N)c2Cl)cc1C(F)(F)F. The van der Waals surface area contributed by atoms with E-state index in [0.717, 1.165) is 6.07 Å². The number of aromatic nitrogens is 1. The minimum absolute atomic E-state index is 0.0640. The van der Waals surface area contributed by atoms with E-state index in [9.17, 15) is 13.2 Å². The van der Waals surface area contributed by atoms with Gasteiger partial charge in [0.25, 0.3) is 0 Å². The highest BCUT2D eigenvalue weighted by Gasteiger charge is 2.32. The lowest BCUT2D eigenvalue weighted by Gasteiger charge is -2.13. The van der Waals surface area contributed by atoms with Crippen LogP contribution in [0, 0.1) is 18.3 Å². The number of hydrogen-bond acceptors (Lipinski definition) is 3. The molecule has 0 saturated carbocycles. The van der Waals surface area contributed by atoms with Gasteiger partial charge in [-0.3, -0.25) is 0 Å². The number of benzene rings is 1. The maximum Gasteiger partial charge on any atom is 0.416 e. The second-order valence-electron chi connectivity index (χ2n) is 4.29. The van der Waals surface area contributed by atoms with Crippen LogP contribution in [-0.4, -0.2) is 4.98 Å². The molecule has 1 aromatic heterocycles. The lowest BCUT2D eigenvalue weighted by molar-refractivity contribution is -0.138. The van der Waals surface area contributed by atoms with Crippen molar-refractivity contribution in [2.24, 2.45) is 0 Å². The summed E-state index contributed by atoms with van der Waals surface area (Å²) < 4.78 is 38.6. The third-order valence-electron chi connectivity index (χ3n) is 2.82. The zero-order valence-corrected chi connectivity index (χ0v) is 11.5. The van der Waals surface area contributed by atoms with E-state index >= 15 is 0 Å². The predicted octanol–water partition coefficient (Wildman–Crippen LogP) is 4.68. The Hall–Kier alpha value is -2.26. The summed E-state index contributed by atoms with van der Waals surface area (Å²) >= 11 is 5.95. The number of nitriles is 1. The molecule has 0 aliphatic heterocycles. The van der Waals surface area contributed by atoms with Crippen LogP contribution in [0.3, 0.4) is 0 Å². The van der Waals surface area contributed by atoms with Gasteiger partial charge in [0.1, 0.15) is 11.1 Å². The molecule has 3 nitrogen and oxygen atoms in total. The fraction of sp³-hybridized carbons (Fsp3) is 0.143. The van der Waals surface area contributed by atoms with Gasteiger partial charge in [-0.25, -0.2) is 4.98 Å². The molecular weight excluding hydrogens is 303 g/mol. The molecular formula is C14H9ClF3N3.